The van der Waals surface area contributed by atoms with E-state index in [4.69, 9.17) is 14.9 Å². The Morgan fingerprint density at radius 1 is 1.56 bits per heavy atom. The molecule has 1 aromatic carbocycles. The van der Waals surface area contributed by atoms with Gasteiger partial charge in [0.05, 0.1) is 17.1 Å². The van der Waals surface area contributed by atoms with Crippen LogP contribution in [0.2, 0.25) is 0 Å². The Bertz CT molecular complexity index is 459. The third-order valence-corrected chi connectivity index (χ3v) is 2.20. The van der Waals surface area contributed by atoms with Gasteiger partial charge in [-0.2, -0.15) is 0 Å². The normalized spacial score (nSPS) is 11.9. The van der Waals surface area contributed by atoms with E-state index in [1.807, 2.05) is 0 Å². The molecule has 98 valence electrons. The maximum absolute atomic E-state index is 11.3. The van der Waals surface area contributed by atoms with Crippen LogP contribution in [0.4, 0.5) is 5.69 Å². The fraction of sp³-hybridized carbons (Fsp3) is 0.364. The zero-order chi connectivity index (χ0) is 13.7. The molecule has 0 aromatic heterocycles. The van der Waals surface area contributed by atoms with Gasteiger partial charge in [0.1, 0.15) is 18.5 Å². The number of ether oxygens (including phenoxy) is 1. The topological polar surface area (TPSA) is 110 Å². The van der Waals surface area contributed by atoms with E-state index in [2.05, 4.69) is 0 Å². The third-order valence-electron chi connectivity index (χ3n) is 2.20. The Balaban J connectivity index is 2.97. The van der Waals surface area contributed by atoms with E-state index in [1.54, 1.807) is 0 Å². The lowest BCUT2D eigenvalue weighted by Gasteiger charge is -2.12. The number of aliphatic hydroxyl groups is 2. The van der Waals surface area contributed by atoms with E-state index < -0.39 is 17.6 Å². The molecule has 1 rings (SSSR count). The number of nitrogens with zero attached hydrogens (tertiary/aromatic N) is 1. The molecule has 7 nitrogen and oxygen atoms in total. The van der Waals surface area contributed by atoms with E-state index in [-0.39, 0.29) is 29.4 Å². The highest BCUT2D eigenvalue weighted by molar-refractivity contribution is 5.97. The highest BCUT2D eigenvalue weighted by atomic mass is 16.6. The number of benzene rings is 1. The van der Waals surface area contributed by atoms with Crippen molar-refractivity contribution in [2.45, 2.75) is 13.0 Å². The number of carbonyl (C=O) groups is 1. The molecular formula is C11H13NO6. The molecule has 0 aliphatic heterocycles. The van der Waals surface area contributed by atoms with Crippen LogP contribution < -0.4 is 4.74 Å². The number of ketones is 1. The van der Waals surface area contributed by atoms with Gasteiger partial charge in [0.2, 0.25) is 0 Å². The van der Waals surface area contributed by atoms with Gasteiger partial charge in [0.25, 0.3) is 5.69 Å². The Morgan fingerprint density at radius 3 is 2.72 bits per heavy atom. The summed E-state index contributed by atoms with van der Waals surface area (Å²) in [6.45, 7) is 0.589. The fourth-order valence-corrected chi connectivity index (χ4v) is 1.27. The van der Waals surface area contributed by atoms with Crippen molar-refractivity contribution < 1.29 is 24.7 Å². The van der Waals surface area contributed by atoms with Gasteiger partial charge < -0.3 is 14.9 Å². The van der Waals surface area contributed by atoms with E-state index in [0.29, 0.717) is 0 Å². The van der Waals surface area contributed by atoms with Crippen molar-refractivity contribution in [2.24, 2.45) is 0 Å². The Kier molecular flexibility index (Phi) is 4.75. The van der Waals surface area contributed by atoms with E-state index in [0.717, 1.165) is 6.07 Å². The Labute approximate surface area is 103 Å². The van der Waals surface area contributed by atoms with Crippen molar-refractivity contribution >= 4 is 11.5 Å². The van der Waals surface area contributed by atoms with Gasteiger partial charge in [-0.05, 0) is 13.0 Å². The zero-order valence-corrected chi connectivity index (χ0v) is 9.70. The number of hydrogen-bond acceptors (Lipinski definition) is 6. The SMILES string of the molecule is CC(=O)c1cc([N+](=O)[O-])ccc1OC[C@@H](O)CO. The predicted octanol–water partition coefficient (Wildman–Crippen LogP) is 0.529. The van der Waals surface area contributed by atoms with Gasteiger partial charge in [-0.3, -0.25) is 14.9 Å². The van der Waals surface area contributed by atoms with Crippen LogP contribution in [0.3, 0.4) is 0 Å². The van der Waals surface area contributed by atoms with Gasteiger partial charge in [-0.15, -0.1) is 0 Å². The number of carbonyl (C=O) groups excluding carboxylic acids is 1. The standard InChI is InChI=1S/C11H13NO6/c1-7(14)10-4-8(12(16)17)2-3-11(10)18-6-9(15)5-13/h2-4,9,13,15H,5-6H2,1H3/t9-/m0/s1. The average molecular weight is 255 g/mol. The third kappa shape index (κ3) is 3.51. The summed E-state index contributed by atoms with van der Waals surface area (Å²) in [6.07, 6.45) is -1.07. The molecular weight excluding hydrogens is 242 g/mol. The molecule has 0 heterocycles. The highest BCUT2D eigenvalue weighted by Crippen LogP contribution is 2.24. The molecule has 2 N–H and O–H groups in total. The quantitative estimate of drug-likeness (QED) is 0.436. The number of nitro benzene ring substituents is 1. The van der Waals surface area contributed by atoms with Gasteiger partial charge in [-0.1, -0.05) is 0 Å². The van der Waals surface area contributed by atoms with Crippen LogP contribution in [0.1, 0.15) is 17.3 Å². The molecule has 1 aromatic rings. The van der Waals surface area contributed by atoms with Gasteiger partial charge in [0.15, 0.2) is 5.78 Å². The van der Waals surface area contributed by atoms with Crippen LogP contribution in [0.5, 0.6) is 5.75 Å². The van der Waals surface area contributed by atoms with Crippen LogP contribution >= 0.6 is 0 Å². The number of nitro groups is 1. The summed E-state index contributed by atoms with van der Waals surface area (Å²) in [5, 5.41) is 28.3. The minimum Gasteiger partial charge on any atom is -0.490 e. The van der Waals surface area contributed by atoms with Crippen molar-refractivity contribution in [3.63, 3.8) is 0 Å². The number of Topliss-reactive ketones (excluding diaryl/α,β-unsaturated/α-hetero) is 1. The molecule has 0 radical (unpaired) electrons. The van der Waals surface area contributed by atoms with Crippen LogP contribution in [-0.2, 0) is 0 Å². The number of non-ortho nitro benzene ring substituents is 1. The molecule has 0 saturated heterocycles. The largest absolute Gasteiger partial charge is 0.490 e. The monoisotopic (exact) mass is 255 g/mol. The summed E-state index contributed by atoms with van der Waals surface area (Å²) < 4.78 is 5.13. The second-order valence-electron chi connectivity index (χ2n) is 3.64. The first-order valence-electron chi connectivity index (χ1n) is 5.16. The molecule has 0 unspecified atom stereocenters. The summed E-state index contributed by atoms with van der Waals surface area (Å²) >= 11 is 0. The lowest BCUT2D eigenvalue weighted by atomic mass is 10.1. The molecule has 0 bridgehead atoms. The number of hydrogen-bond donors (Lipinski definition) is 2. The van der Waals surface area contributed by atoms with Gasteiger partial charge in [0, 0.05) is 12.1 Å². The summed E-state index contributed by atoms with van der Waals surface area (Å²) in [6, 6.07) is 3.61. The lowest BCUT2D eigenvalue weighted by molar-refractivity contribution is -0.384. The van der Waals surface area contributed by atoms with Crippen molar-refractivity contribution in [3.8, 4) is 5.75 Å². The van der Waals surface area contributed by atoms with Gasteiger partial charge in [-0.25, -0.2) is 0 Å². The number of rotatable bonds is 6. The van der Waals surface area contributed by atoms with Gasteiger partial charge >= 0.3 is 0 Å². The van der Waals surface area contributed by atoms with Crippen LogP contribution in [0, 0.1) is 10.1 Å². The van der Waals surface area contributed by atoms with Crippen LogP contribution in [0.25, 0.3) is 0 Å². The van der Waals surface area contributed by atoms with Crippen molar-refractivity contribution in [3.05, 3.63) is 33.9 Å². The van der Waals surface area contributed by atoms with Crippen molar-refractivity contribution in [2.75, 3.05) is 13.2 Å². The molecule has 0 amide bonds. The van der Waals surface area contributed by atoms with Crippen LogP contribution in [0.15, 0.2) is 18.2 Å². The molecule has 1 atom stereocenters. The average Bonchev–Trinajstić information content (AvgIpc) is 2.35. The second kappa shape index (κ2) is 6.08. The van der Waals surface area contributed by atoms with E-state index in [1.165, 1.54) is 19.1 Å². The van der Waals surface area contributed by atoms with E-state index in [9.17, 15) is 14.9 Å². The lowest BCUT2D eigenvalue weighted by Crippen LogP contribution is -2.21. The Hall–Kier alpha value is -1.99. The minimum absolute atomic E-state index is 0.0642. The van der Waals surface area contributed by atoms with Crippen molar-refractivity contribution in [1.29, 1.82) is 0 Å². The molecule has 0 saturated carbocycles. The minimum atomic E-state index is -1.07. The smallest absolute Gasteiger partial charge is 0.270 e. The molecule has 7 heteroatoms. The van der Waals surface area contributed by atoms with E-state index >= 15 is 0 Å². The molecule has 0 spiro atoms. The Morgan fingerprint density at radius 2 is 2.22 bits per heavy atom. The predicted molar refractivity (Wildman–Crippen MR) is 61.7 cm³/mol. The molecule has 0 fully saturated rings. The molecule has 18 heavy (non-hydrogen) atoms. The van der Waals surface area contributed by atoms with Crippen molar-refractivity contribution in [1.82, 2.24) is 0 Å². The summed E-state index contributed by atoms with van der Waals surface area (Å²) in [5.41, 5.74) is -0.149. The maximum atomic E-state index is 11.3. The fourth-order valence-electron chi connectivity index (χ4n) is 1.27. The summed E-state index contributed by atoms with van der Waals surface area (Å²) in [7, 11) is 0. The first-order valence-corrected chi connectivity index (χ1v) is 5.16. The zero-order valence-electron chi connectivity index (χ0n) is 9.70. The highest BCUT2D eigenvalue weighted by Gasteiger charge is 2.15. The molecule has 0 aliphatic rings. The summed E-state index contributed by atoms with van der Waals surface area (Å²) in [4.78, 5) is 21.3. The second-order valence-corrected chi connectivity index (χ2v) is 3.64. The first kappa shape index (κ1) is 14.1. The first-order chi connectivity index (χ1) is 8.45. The summed E-state index contributed by atoms with van der Waals surface area (Å²) in [5.74, 6) is -0.243. The number of aliphatic hydroxyl groups excluding tert-OH is 2. The molecule has 0 aliphatic carbocycles. The van der Waals surface area contributed by atoms with Crippen LogP contribution in [-0.4, -0.2) is 40.2 Å². The maximum Gasteiger partial charge on any atom is 0.270 e.